The molecule has 24 heavy (non-hydrogen) atoms. The van der Waals surface area contributed by atoms with E-state index in [1.54, 1.807) is 30.3 Å². The molecule has 0 aliphatic heterocycles. The first kappa shape index (κ1) is 15.9. The minimum Gasteiger partial charge on any atom is -0.508 e. The summed E-state index contributed by atoms with van der Waals surface area (Å²) in [7, 11) is 0. The average molecular weight is 341 g/mol. The highest BCUT2D eigenvalue weighted by Gasteiger charge is 2.11. The first-order valence-corrected chi connectivity index (χ1v) is 8.23. The molecule has 1 heterocycles. The number of hydrogen-bond donors (Lipinski definition) is 1. The smallest absolute Gasteiger partial charge is 0.270 e. The first-order valence-electron chi connectivity index (χ1n) is 7.35. The van der Waals surface area contributed by atoms with Crippen LogP contribution < -0.4 is 4.80 Å². The van der Waals surface area contributed by atoms with Crippen molar-refractivity contribution in [3.8, 4) is 17.0 Å². The molecule has 1 N–H and O–H groups in total. The zero-order chi connectivity index (χ0) is 17.1. The fourth-order valence-electron chi connectivity index (χ4n) is 2.41. The van der Waals surface area contributed by atoms with E-state index in [-0.39, 0.29) is 11.4 Å². The van der Waals surface area contributed by atoms with Gasteiger partial charge in [-0.15, -0.1) is 11.3 Å². The third kappa shape index (κ3) is 3.21. The molecule has 0 amide bonds. The van der Waals surface area contributed by atoms with E-state index >= 15 is 0 Å². The van der Waals surface area contributed by atoms with Gasteiger partial charge in [-0.3, -0.25) is 10.1 Å². The molecular formula is C17H15N3O3S. The van der Waals surface area contributed by atoms with Crippen molar-refractivity contribution in [1.29, 1.82) is 0 Å². The Bertz CT molecular complexity index is 959. The summed E-state index contributed by atoms with van der Waals surface area (Å²) in [6.45, 7) is 2.67. The molecular weight excluding hydrogens is 326 g/mol. The summed E-state index contributed by atoms with van der Waals surface area (Å²) in [5.41, 5.74) is 2.38. The van der Waals surface area contributed by atoms with Gasteiger partial charge >= 0.3 is 0 Å². The largest absolute Gasteiger partial charge is 0.508 e. The van der Waals surface area contributed by atoms with Gasteiger partial charge in [-0.1, -0.05) is 18.2 Å². The molecule has 122 valence electrons. The Labute approximate surface area is 142 Å². The first-order chi connectivity index (χ1) is 11.6. The second-order valence-electron chi connectivity index (χ2n) is 5.09. The van der Waals surface area contributed by atoms with Crippen LogP contribution in [0.2, 0.25) is 0 Å². The minimum absolute atomic E-state index is 0.0628. The van der Waals surface area contributed by atoms with Crippen LogP contribution in [-0.4, -0.2) is 14.6 Å². The molecule has 0 saturated carbocycles. The Balaban J connectivity index is 2.11. The third-order valence-corrected chi connectivity index (χ3v) is 4.38. The van der Waals surface area contributed by atoms with Crippen molar-refractivity contribution in [2.45, 2.75) is 13.5 Å². The van der Waals surface area contributed by atoms with Crippen LogP contribution in [0.25, 0.3) is 11.3 Å². The number of hydrogen-bond acceptors (Lipinski definition) is 5. The van der Waals surface area contributed by atoms with Gasteiger partial charge in [-0.2, -0.15) is 0 Å². The van der Waals surface area contributed by atoms with Gasteiger partial charge in [-0.25, -0.2) is 4.99 Å². The van der Waals surface area contributed by atoms with Gasteiger partial charge in [0.05, 0.1) is 16.3 Å². The van der Waals surface area contributed by atoms with Crippen molar-refractivity contribution in [1.82, 2.24) is 4.57 Å². The Hall–Kier alpha value is -2.93. The van der Waals surface area contributed by atoms with E-state index in [2.05, 4.69) is 4.99 Å². The molecule has 7 heteroatoms. The Morgan fingerprint density at radius 3 is 2.75 bits per heavy atom. The van der Waals surface area contributed by atoms with E-state index in [0.717, 1.165) is 16.1 Å². The van der Waals surface area contributed by atoms with Gasteiger partial charge in [0.1, 0.15) is 5.75 Å². The average Bonchev–Trinajstić information content (AvgIpc) is 2.97. The molecule has 3 aromatic rings. The summed E-state index contributed by atoms with van der Waals surface area (Å²) in [5.74, 6) is 0.162. The van der Waals surface area contributed by atoms with Crippen LogP contribution in [0.3, 0.4) is 0 Å². The van der Waals surface area contributed by atoms with Gasteiger partial charge in [0.15, 0.2) is 4.80 Å². The van der Waals surface area contributed by atoms with Crippen LogP contribution in [0.1, 0.15) is 6.92 Å². The maximum atomic E-state index is 11.0. The topological polar surface area (TPSA) is 80.7 Å². The molecule has 0 bridgehead atoms. The lowest BCUT2D eigenvalue weighted by Crippen LogP contribution is -2.14. The number of rotatable bonds is 4. The number of nitro groups is 1. The van der Waals surface area contributed by atoms with Crippen LogP contribution >= 0.6 is 11.3 Å². The highest BCUT2D eigenvalue weighted by molar-refractivity contribution is 7.07. The van der Waals surface area contributed by atoms with E-state index in [1.807, 2.05) is 29.0 Å². The van der Waals surface area contributed by atoms with Gasteiger partial charge in [0.2, 0.25) is 0 Å². The number of phenols is 1. The van der Waals surface area contributed by atoms with Crippen molar-refractivity contribution >= 4 is 22.7 Å². The summed E-state index contributed by atoms with van der Waals surface area (Å²) >= 11 is 1.46. The summed E-state index contributed by atoms with van der Waals surface area (Å²) in [4.78, 5) is 15.9. The molecule has 1 aromatic heterocycles. The number of non-ortho nitro benzene ring substituents is 1. The number of nitro benzene ring substituents is 1. The lowest BCUT2D eigenvalue weighted by atomic mass is 10.1. The normalized spacial score (nSPS) is 11.6. The molecule has 0 atom stereocenters. The standard InChI is InChI=1S/C17H15N3O3S/c1-2-19-16(12-5-3-7-14(9-12)20(22)23)11-24-17(19)18-13-6-4-8-15(21)10-13/h3-11,21H,2H2,1H3. The van der Waals surface area contributed by atoms with E-state index < -0.39 is 4.92 Å². The SMILES string of the molecule is CCn1c(-c2cccc([N+](=O)[O-])c2)csc1=Nc1cccc(O)c1. The lowest BCUT2D eigenvalue weighted by Gasteiger charge is -2.06. The highest BCUT2D eigenvalue weighted by atomic mass is 32.1. The molecule has 0 aliphatic rings. The summed E-state index contributed by atoms with van der Waals surface area (Å²) in [5, 5.41) is 22.5. The van der Waals surface area contributed by atoms with Crippen LogP contribution in [0.15, 0.2) is 58.9 Å². The minimum atomic E-state index is -0.399. The Morgan fingerprint density at radius 1 is 1.25 bits per heavy atom. The van der Waals surface area contributed by atoms with Crippen molar-refractivity contribution in [2.75, 3.05) is 0 Å². The summed E-state index contributed by atoms with van der Waals surface area (Å²) in [6.07, 6.45) is 0. The predicted octanol–water partition coefficient (Wildman–Crippen LogP) is 4.08. The van der Waals surface area contributed by atoms with Crippen molar-refractivity contribution in [3.05, 3.63) is 68.8 Å². The summed E-state index contributed by atoms with van der Waals surface area (Å²) in [6, 6.07) is 13.3. The lowest BCUT2D eigenvalue weighted by molar-refractivity contribution is -0.384. The number of aromatic nitrogens is 1. The van der Waals surface area contributed by atoms with E-state index in [1.165, 1.54) is 17.4 Å². The molecule has 3 rings (SSSR count). The molecule has 6 nitrogen and oxygen atoms in total. The monoisotopic (exact) mass is 341 g/mol. The number of phenolic OH excluding ortho intramolecular Hbond substituents is 1. The van der Waals surface area contributed by atoms with E-state index in [0.29, 0.717) is 12.2 Å². The van der Waals surface area contributed by atoms with Crippen LogP contribution in [0.4, 0.5) is 11.4 Å². The van der Waals surface area contributed by atoms with Crippen molar-refractivity contribution in [3.63, 3.8) is 0 Å². The van der Waals surface area contributed by atoms with Gasteiger partial charge < -0.3 is 9.67 Å². The maximum absolute atomic E-state index is 11.0. The van der Waals surface area contributed by atoms with Gasteiger partial charge in [0, 0.05) is 35.7 Å². The fraction of sp³-hybridized carbons (Fsp3) is 0.118. The van der Waals surface area contributed by atoms with Crippen molar-refractivity contribution in [2.24, 2.45) is 4.99 Å². The molecule has 0 radical (unpaired) electrons. The van der Waals surface area contributed by atoms with E-state index in [4.69, 9.17) is 0 Å². The van der Waals surface area contributed by atoms with Gasteiger partial charge in [-0.05, 0) is 19.1 Å². The number of thiazole rings is 1. The number of aromatic hydroxyl groups is 1. The maximum Gasteiger partial charge on any atom is 0.270 e. The highest BCUT2D eigenvalue weighted by Crippen LogP contribution is 2.25. The molecule has 2 aromatic carbocycles. The molecule has 0 unspecified atom stereocenters. The van der Waals surface area contributed by atoms with Crippen LogP contribution in [0, 0.1) is 10.1 Å². The second kappa shape index (κ2) is 6.67. The summed E-state index contributed by atoms with van der Waals surface area (Å²) < 4.78 is 1.99. The Kier molecular flexibility index (Phi) is 4.43. The number of benzene rings is 2. The quantitative estimate of drug-likeness (QED) is 0.573. The fourth-order valence-corrected chi connectivity index (χ4v) is 3.40. The molecule has 0 saturated heterocycles. The van der Waals surface area contributed by atoms with Crippen LogP contribution in [0.5, 0.6) is 5.75 Å². The van der Waals surface area contributed by atoms with Crippen LogP contribution in [-0.2, 0) is 6.54 Å². The van der Waals surface area contributed by atoms with E-state index in [9.17, 15) is 15.2 Å². The Morgan fingerprint density at radius 2 is 2.04 bits per heavy atom. The zero-order valence-corrected chi connectivity index (χ0v) is 13.7. The van der Waals surface area contributed by atoms with Gasteiger partial charge in [0.25, 0.3) is 5.69 Å². The third-order valence-electron chi connectivity index (χ3n) is 3.52. The predicted molar refractivity (Wildman–Crippen MR) is 93.4 cm³/mol. The molecule has 0 spiro atoms. The molecule has 0 aliphatic carbocycles. The van der Waals surface area contributed by atoms with Crippen molar-refractivity contribution < 1.29 is 10.0 Å². The second-order valence-corrected chi connectivity index (χ2v) is 5.92. The molecule has 0 fully saturated rings. The zero-order valence-electron chi connectivity index (χ0n) is 12.9. The number of nitrogens with zero attached hydrogens (tertiary/aromatic N) is 3.